The summed E-state index contributed by atoms with van der Waals surface area (Å²) in [5, 5.41) is 2.91. The summed E-state index contributed by atoms with van der Waals surface area (Å²) in [6.07, 6.45) is 0. The van der Waals surface area contributed by atoms with Gasteiger partial charge in [0.15, 0.2) is 11.7 Å². The SMILES string of the molecule is Cc1ccc(OCC(=O)NNC(=S)NC(=O)c2ccc(Cl)cc2Cl)c(C)c1. The van der Waals surface area contributed by atoms with Crippen LogP contribution in [0.1, 0.15) is 21.5 Å². The van der Waals surface area contributed by atoms with Gasteiger partial charge in [0.1, 0.15) is 5.75 Å². The standard InChI is InChI=1S/C18H17Cl2N3O3S/c1-10-3-6-15(11(2)7-10)26-9-16(24)22-23-18(27)21-17(25)13-5-4-12(19)8-14(13)20/h3-8H,9H2,1-2H3,(H,22,24)(H2,21,23,25,27). The van der Waals surface area contributed by atoms with Crippen molar-refractivity contribution in [3.8, 4) is 5.75 Å². The summed E-state index contributed by atoms with van der Waals surface area (Å²) in [7, 11) is 0. The van der Waals surface area contributed by atoms with Gasteiger partial charge < -0.3 is 4.74 Å². The third-order valence-electron chi connectivity index (χ3n) is 3.41. The monoisotopic (exact) mass is 425 g/mol. The number of carbonyl (C=O) groups is 2. The topological polar surface area (TPSA) is 79.5 Å². The summed E-state index contributed by atoms with van der Waals surface area (Å²) < 4.78 is 5.45. The molecule has 142 valence electrons. The van der Waals surface area contributed by atoms with E-state index in [9.17, 15) is 9.59 Å². The Kier molecular flexibility index (Phi) is 7.41. The van der Waals surface area contributed by atoms with E-state index in [1.807, 2.05) is 26.0 Å². The number of halogens is 2. The van der Waals surface area contributed by atoms with Crippen molar-refractivity contribution in [2.75, 3.05) is 6.61 Å². The van der Waals surface area contributed by atoms with E-state index in [1.165, 1.54) is 18.2 Å². The molecule has 6 nitrogen and oxygen atoms in total. The summed E-state index contributed by atoms with van der Waals surface area (Å²) in [5.74, 6) is -0.380. The predicted octanol–water partition coefficient (Wildman–Crippen LogP) is 3.32. The highest BCUT2D eigenvalue weighted by atomic mass is 35.5. The third kappa shape index (κ3) is 6.39. The van der Waals surface area contributed by atoms with Crippen LogP contribution in [0.5, 0.6) is 5.75 Å². The Bertz CT molecular complexity index is 890. The molecule has 0 aromatic heterocycles. The summed E-state index contributed by atoms with van der Waals surface area (Å²) in [5.41, 5.74) is 7.00. The molecule has 0 bridgehead atoms. The van der Waals surface area contributed by atoms with Crippen LogP contribution in [0.15, 0.2) is 36.4 Å². The van der Waals surface area contributed by atoms with Crippen LogP contribution in [0.25, 0.3) is 0 Å². The lowest BCUT2D eigenvalue weighted by atomic mass is 10.1. The van der Waals surface area contributed by atoms with Crippen molar-refractivity contribution in [2.24, 2.45) is 0 Å². The van der Waals surface area contributed by atoms with Crippen LogP contribution in [0.3, 0.4) is 0 Å². The summed E-state index contributed by atoms with van der Waals surface area (Å²) in [6.45, 7) is 3.65. The Balaban J connectivity index is 1.79. The lowest BCUT2D eigenvalue weighted by Gasteiger charge is -2.13. The van der Waals surface area contributed by atoms with Gasteiger partial charge in [0, 0.05) is 5.02 Å². The molecule has 0 radical (unpaired) electrons. The van der Waals surface area contributed by atoms with Crippen LogP contribution in [0.4, 0.5) is 0 Å². The van der Waals surface area contributed by atoms with Gasteiger partial charge in [-0.05, 0) is 55.9 Å². The van der Waals surface area contributed by atoms with Crippen LogP contribution in [-0.4, -0.2) is 23.5 Å². The van der Waals surface area contributed by atoms with E-state index in [0.717, 1.165) is 11.1 Å². The molecule has 2 aromatic carbocycles. The number of thiocarbonyl (C=S) groups is 1. The highest BCUT2D eigenvalue weighted by Gasteiger charge is 2.13. The maximum atomic E-state index is 12.1. The zero-order chi connectivity index (χ0) is 20.0. The van der Waals surface area contributed by atoms with Crippen molar-refractivity contribution >= 4 is 52.3 Å². The van der Waals surface area contributed by atoms with Crippen molar-refractivity contribution in [2.45, 2.75) is 13.8 Å². The van der Waals surface area contributed by atoms with Gasteiger partial charge in [0.25, 0.3) is 11.8 Å². The van der Waals surface area contributed by atoms with Gasteiger partial charge >= 0.3 is 0 Å². The Morgan fingerprint density at radius 2 is 1.81 bits per heavy atom. The fraction of sp³-hybridized carbons (Fsp3) is 0.167. The summed E-state index contributed by atoms with van der Waals surface area (Å²) >= 11 is 16.7. The van der Waals surface area contributed by atoms with E-state index < -0.39 is 11.8 Å². The molecule has 0 aliphatic carbocycles. The van der Waals surface area contributed by atoms with Gasteiger partial charge in [-0.2, -0.15) is 0 Å². The number of nitrogens with one attached hydrogen (secondary N) is 3. The summed E-state index contributed by atoms with van der Waals surface area (Å²) in [6, 6.07) is 10.1. The Morgan fingerprint density at radius 1 is 1.07 bits per heavy atom. The number of carbonyl (C=O) groups excluding carboxylic acids is 2. The second-order valence-electron chi connectivity index (χ2n) is 5.64. The van der Waals surface area contributed by atoms with E-state index in [1.54, 1.807) is 6.07 Å². The molecule has 3 N–H and O–H groups in total. The molecule has 0 saturated heterocycles. The molecule has 2 amide bonds. The van der Waals surface area contributed by atoms with E-state index in [-0.39, 0.29) is 22.3 Å². The zero-order valence-corrected chi connectivity index (χ0v) is 16.9. The number of hydrogen-bond acceptors (Lipinski definition) is 4. The van der Waals surface area contributed by atoms with Gasteiger partial charge in [-0.3, -0.25) is 25.8 Å². The molecule has 0 aliphatic heterocycles. The maximum absolute atomic E-state index is 12.1. The van der Waals surface area contributed by atoms with Crippen LogP contribution >= 0.6 is 35.4 Å². The minimum atomic E-state index is -0.532. The molecule has 0 spiro atoms. The minimum absolute atomic E-state index is 0.0918. The molecule has 2 rings (SSSR count). The number of hydrogen-bond donors (Lipinski definition) is 3. The summed E-state index contributed by atoms with van der Waals surface area (Å²) in [4.78, 5) is 23.9. The second-order valence-corrected chi connectivity index (χ2v) is 6.89. The van der Waals surface area contributed by atoms with E-state index in [0.29, 0.717) is 10.8 Å². The third-order valence-corrected chi connectivity index (χ3v) is 4.16. The van der Waals surface area contributed by atoms with Gasteiger partial charge in [0.2, 0.25) is 0 Å². The molecule has 2 aromatic rings. The zero-order valence-electron chi connectivity index (χ0n) is 14.6. The first-order chi connectivity index (χ1) is 12.8. The van der Waals surface area contributed by atoms with Crippen molar-refractivity contribution in [1.82, 2.24) is 16.2 Å². The average molecular weight is 426 g/mol. The number of amides is 2. The molecular weight excluding hydrogens is 409 g/mol. The fourth-order valence-electron chi connectivity index (χ4n) is 2.14. The molecular formula is C18H17Cl2N3O3S. The quantitative estimate of drug-likeness (QED) is 0.517. The number of ether oxygens (including phenoxy) is 1. The minimum Gasteiger partial charge on any atom is -0.483 e. The number of rotatable bonds is 4. The van der Waals surface area contributed by atoms with Gasteiger partial charge in [-0.15, -0.1) is 0 Å². The van der Waals surface area contributed by atoms with Crippen molar-refractivity contribution in [3.63, 3.8) is 0 Å². The molecule has 27 heavy (non-hydrogen) atoms. The van der Waals surface area contributed by atoms with Crippen molar-refractivity contribution < 1.29 is 14.3 Å². The van der Waals surface area contributed by atoms with Crippen LogP contribution in [0.2, 0.25) is 10.0 Å². The van der Waals surface area contributed by atoms with Gasteiger partial charge in [-0.1, -0.05) is 40.9 Å². The Labute approximate surface area is 172 Å². The molecule has 0 heterocycles. The lowest BCUT2D eigenvalue weighted by Crippen LogP contribution is -2.49. The maximum Gasteiger partial charge on any atom is 0.276 e. The number of benzene rings is 2. The lowest BCUT2D eigenvalue weighted by molar-refractivity contribution is -0.123. The largest absolute Gasteiger partial charge is 0.483 e. The molecule has 0 aliphatic rings. The Hall–Kier alpha value is -2.35. The van der Waals surface area contributed by atoms with E-state index >= 15 is 0 Å². The van der Waals surface area contributed by atoms with Crippen molar-refractivity contribution in [1.29, 1.82) is 0 Å². The number of aryl methyl sites for hydroxylation is 2. The molecule has 0 unspecified atom stereocenters. The normalized spacial score (nSPS) is 10.1. The highest BCUT2D eigenvalue weighted by Crippen LogP contribution is 2.21. The van der Waals surface area contributed by atoms with Gasteiger partial charge in [-0.25, -0.2) is 0 Å². The van der Waals surface area contributed by atoms with Crippen LogP contribution in [0, 0.1) is 13.8 Å². The molecule has 0 saturated carbocycles. The first-order valence-corrected chi connectivity index (χ1v) is 8.98. The Morgan fingerprint density at radius 3 is 2.48 bits per heavy atom. The van der Waals surface area contributed by atoms with Gasteiger partial charge in [0.05, 0.1) is 10.6 Å². The smallest absolute Gasteiger partial charge is 0.276 e. The number of hydrazine groups is 1. The second kappa shape index (κ2) is 9.55. The molecule has 0 atom stereocenters. The van der Waals surface area contributed by atoms with Crippen LogP contribution < -0.4 is 20.9 Å². The molecule has 0 fully saturated rings. The first kappa shape index (κ1) is 21.0. The highest BCUT2D eigenvalue weighted by molar-refractivity contribution is 7.80. The molecule has 9 heteroatoms. The van der Waals surface area contributed by atoms with E-state index in [4.69, 9.17) is 40.2 Å². The predicted molar refractivity (Wildman–Crippen MR) is 109 cm³/mol. The average Bonchev–Trinajstić information content (AvgIpc) is 2.59. The van der Waals surface area contributed by atoms with Crippen molar-refractivity contribution in [3.05, 3.63) is 63.1 Å². The van der Waals surface area contributed by atoms with E-state index in [2.05, 4.69) is 16.2 Å². The van der Waals surface area contributed by atoms with Crippen LogP contribution in [-0.2, 0) is 4.79 Å². The first-order valence-electron chi connectivity index (χ1n) is 7.81. The fourth-order valence-corrected chi connectivity index (χ4v) is 2.78.